The van der Waals surface area contributed by atoms with Crippen LogP contribution in [0.15, 0.2) is 42.6 Å². The lowest BCUT2D eigenvalue weighted by atomic mass is 9.79. The summed E-state index contributed by atoms with van der Waals surface area (Å²) >= 11 is 0. The third-order valence-electron chi connectivity index (χ3n) is 4.28. The molecule has 0 aliphatic heterocycles. The van der Waals surface area contributed by atoms with E-state index in [2.05, 4.69) is 29.2 Å². The fraction of sp³-hybridized carbons (Fsp3) is 0.389. The molecule has 1 N–H and O–H groups in total. The minimum Gasteiger partial charge on any atom is -0.387 e. The van der Waals surface area contributed by atoms with Crippen LogP contribution in [0.1, 0.15) is 53.7 Å². The molecule has 1 aromatic carbocycles. The first-order valence-corrected chi connectivity index (χ1v) is 7.42. The highest BCUT2D eigenvalue weighted by molar-refractivity contribution is 5.32. The van der Waals surface area contributed by atoms with Gasteiger partial charge in [-0.2, -0.15) is 0 Å². The van der Waals surface area contributed by atoms with Gasteiger partial charge < -0.3 is 5.11 Å². The van der Waals surface area contributed by atoms with Crippen molar-refractivity contribution in [3.05, 3.63) is 65.0 Å². The van der Waals surface area contributed by atoms with Crippen LogP contribution in [0, 0.1) is 6.92 Å². The Hall–Kier alpha value is -1.67. The molecule has 1 aliphatic carbocycles. The number of aliphatic hydroxyl groups is 1. The second-order valence-corrected chi connectivity index (χ2v) is 5.80. The molecule has 20 heavy (non-hydrogen) atoms. The summed E-state index contributed by atoms with van der Waals surface area (Å²) in [6.45, 7) is 2.01. The average Bonchev–Trinajstić information content (AvgIpc) is 2.48. The van der Waals surface area contributed by atoms with Crippen molar-refractivity contribution >= 4 is 0 Å². The zero-order valence-electron chi connectivity index (χ0n) is 11.9. The summed E-state index contributed by atoms with van der Waals surface area (Å²) in [7, 11) is 0. The number of hydrogen-bond acceptors (Lipinski definition) is 2. The van der Waals surface area contributed by atoms with Crippen molar-refractivity contribution in [1.29, 1.82) is 0 Å². The van der Waals surface area contributed by atoms with Gasteiger partial charge in [-0.3, -0.25) is 4.98 Å². The van der Waals surface area contributed by atoms with Gasteiger partial charge in [-0.05, 0) is 61.3 Å². The van der Waals surface area contributed by atoms with Gasteiger partial charge >= 0.3 is 0 Å². The van der Waals surface area contributed by atoms with Crippen LogP contribution in [0.5, 0.6) is 0 Å². The molecule has 0 bridgehead atoms. The second-order valence-electron chi connectivity index (χ2n) is 5.80. The molecule has 0 saturated heterocycles. The minimum absolute atomic E-state index is 0.457. The zero-order valence-corrected chi connectivity index (χ0v) is 11.9. The van der Waals surface area contributed by atoms with E-state index < -0.39 is 6.10 Å². The van der Waals surface area contributed by atoms with Gasteiger partial charge in [0.15, 0.2) is 0 Å². The molecule has 1 heterocycles. The van der Waals surface area contributed by atoms with E-state index in [1.54, 1.807) is 0 Å². The summed E-state index contributed by atoms with van der Waals surface area (Å²) in [5.74, 6) is 0.457. The molecule has 3 rings (SSSR count). The fourth-order valence-electron chi connectivity index (χ4n) is 3.17. The molecule has 2 atom stereocenters. The molecule has 2 unspecified atom stereocenters. The number of rotatable bonds is 3. The Kier molecular flexibility index (Phi) is 3.83. The quantitative estimate of drug-likeness (QED) is 0.914. The Balaban J connectivity index is 1.77. The predicted molar refractivity (Wildman–Crippen MR) is 80.7 cm³/mol. The Labute approximate surface area is 120 Å². The number of aromatic nitrogens is 1. The first kappa shape index (κ1) is 13.3. The van der Waals surface area contributed by atoms with E-state index in [9.17, 15) is 5.11 Å². The first-order chi connectivity index (χ1) is 9.74. The molecule has 2 aromatic rings. The van der Waals surface area contributed by atoms with E-state index in [0.29, 0.717) is 5.92 Å². The summed E-state index contributed by atoms with van der Waals surface area (Å²) in [4.78, 5) is 4.35. The van der Waals surface area contributed by atoms with Gasteiger partial charge in [-0.1, -0.05) is 30.3 Å². The highest BCUT2D eigenvalue weighted by Gasteiger charge is 2.23. The van der Waals surface area contributed by atoms with Crippen molar-refractivity contribution in [3.8, 4) is 0 Å². The lowest BCUT2D eigenvalue weighted by Gasteiger charge is -2.27. The predicted octanol–water partition coefficient (Wildman–Crippen LogP) is 3.93. The number of hydrogen-bond donors (Lipinski definition) is 1. The summed E-state index contributed by atoms with van der Waals surface area (Å²) in [5, 5.41) is 10.4. The number of aliphatic hydroxyl groups excluding tert-OH is 1. The van der Waals surface area contributed by atoms with E-state index in [-0.39, 0.29) is 0 Å². The van der Waals surface area contributed by atoms with Gasteiger partial charge in [-0.25, -0.2) is 0 Å². The largest absolute Gasteiger partial charge is 0.387 e. The van der Waals surface area contributed by atoms with E-state index in [1.165, 1.54) is 30.4 Å². The van der Waals surface area contributed by atoms with Crippen LogP contribution in [0.3, 0.4) is 0 Å². The maximum Gasteiger partial charge on any atom is 0.0965 e. The van der Waals surface area contributed by atoms with Crippen molar-refractivity contribution in [2.24, 2.45) is 0 Å². The van der Waals surface area contributed by atoms with E-state index in [1.807, 2.05) is 25.3 Å². The topological polar surface area (TPSA) is 33.1 Å². The number of pyridine rings is 1. The highest BCUT2D eigenvalue weighted by Crippen LogP contribution is 2.37. The monoisotopic (exact) mass is 267 g/mol. The van der Waals surface area contributed by atoms with Crippen LogP contribution in [-0.2, 0) is 6.42 Å². The van der Waals surface area contributed by atoms with Crippen LogP contribution in [0.2, 0.25) is 0 Å². The van der Waals surface area contributed by atoms with Crippen LogP contribution >= 0.6 is 0 Å². The van der Waals surface area contributed by atoms with Crippen molar-refractivity contribution in [3.63, 3.8) is 0 Å². The fourth-order valence-corrected chi connectivity index (χ4v) is 3.17. The van der Waals surface area contributed by atoms with Gasteiger partial charge in [0.05, 0.1) is 11.8 Å². The molecule has 0 amide bonds. The summed E-state index contributed by atoms with van der Waals surface area (Å²) in [6.07, 6.45) is 5.69. The lowest BCUT2D eigenvalue weighted by Crippen LogP contribution is -2.13. The molecular weight excluding hydrogens is 246 g/mol. The third kappa shape index (κ3) is 2.75. The maximum atomic E-state index is 10.4. The number of nitrogens with zero attached hydrogens (tertiary/aromatic N) is 1. The molecule has 2 nitrogen and oxygen atoms in total. The molecule has 0 radical (unpaired) electrons. The Morgan fingerprint density at radius 1 is 1.25 bits per heavy atom. The molecule has 0 saturated carbocycles. The van der Waals surface area contributed by atoms with Crippen LogP contribution in [0.4, 0.5) is 0 Å². The lowest BCUT2D eigenvalue weighted by molar-refractivity contribution is 0.149. The third-order valence-corrected chi connectivity index (χ3v) is 4.28. The maximum absolute atomic E-state index is 10.4. The Morgan fingerprint density at radius 2 is 2.10 bits per heavy atom. The van der Waals surface area contributed by atoms with Crippen LogP contribution in [0.25, 0.3) is 0 Å². The van der Waals surface area contributed by atoms with Gasteiger partial charge in [0.2, 0.25) is 0 Å². The number of fused-ring (bicyclic) bond motifs is 1. The molecule has 0 fully saturated rings. The zero-order chi connectivity index (χ0) is 13.9. The normalized spacial score (nSPS) is 19.4. The highest BCUT2D eigenvalue weighted by atomic mass is 16.3. The second kappa shape index (κ2) is 5.76. The standard InChI is InChI=1S/C18H21NO/c1-13-9-10-17(19-12-13)18(20)11-15-7-4-6-14-5-2-3-8-16(14)15/h2-3,5,8-10,12,15,18,20H,4,6-7,11H2,1H3. The number of aryl methyl sites for hydroxylation is 2. The molecule has 1 aliphatic rings. The van der Waals surface area contributed by atoms with Crippen LogP contribution in [-0.4, -0.2) is 10.1 Å². The molecule has 1 aromatic heterocycles. The van der Waals surface area contributed by atoms with Crippen molar-refractivity contribution in [2.75, 3.05) is 0 Å². The van der Waals surface area contributed by atoms with Gasteiger partial charge in [0, 0.05) is 6.20 Å². The minimum atomic E-state index is -0.466. The summed E-state index contributed by atoms with van der Waals surface area (Å²) in [5.41, 5.74) is 4.79. The summed E-state index contributed by atoms with van der Waals surface area (Å²) < 4.78 is 0. The first-order valence-electron chi connectivity index (χ1n) is 7.42. The van der Waals surface area contributed by atoms with Gasteiger partial charge in [0.1, 0.15) is 0 Å². The SMILES string of the molecule is Cc1ccc(C(O)CC2CCCc3ccccc32)nc1. The van der Waals surface area contributed by atoms with E-state index in [0.717, 1.165) is 17.7 Å². The van der Waals surface area contributed by atoms with Crippen LogP contribution < -0.4 is 0 Å². The average molecular weight is 267 g/mol. The van der Waals surface area contributed by atoms with Crippen molar-refractivity contribution in [2.45, 2.75) is 44.6 Å². The Morgan fingerprint density at radius 3 is 2.90 bits per heavy atom. The smallest absolute Gasteiger partial charge is 0.0965 e. The number of benzene rings is 1. The molecule has 104 valence electrons. The molecule has 0 spiro atoms. The summed E-state index contributed by atoms with van der Waals surface area (Å²) in [6, 6.07) is 12.6. The van der Waals surface area contributed by atoms with Crippen molar-refractivity contribution in [1.82, 2.24) is 4.98 Å². The molecular formula is C18H21NO. The Bertz CT molecular complexity index is 576. The van der Waals surface area contributed by atoms with E-state index >= 15 is 0 Å². The van der Waals surface area contributed by atoms with E-state index in [4.69, 9.17) is 0 Å². The van der Waals surface area contributed by atoms with Gasteiger partial charge in [-0.15, -0.1) is 0 Å². The van der Waals surface area contributed by atoms with Gasteiger partial charge in [0.25, 0.3) is 0 Å². The molecule has 2 heteroatoms. The van der Waals surface area contributed by atoms with Crippen molar-refractivity contribution < 1.29 is 5.11 Å².